The molecule has 1 aromatic heterocycles. The van der Waals surface area contributed by atoms with Crippen molar-refractivity contribution in [2.45, 2.75) is 31.6 Å². The van der Waals surface area contributed by atoms with Crippen molar-refractivity contribution in [1.29, 1.82) is 0 Å². The van der Waals surface area contributed by atoms with Gasteiger partial charge in [0.05, 0.1) is 5.56 Å². The SMILES string of the molecule is O=C1CCC(N2Cc3cc(NC(=O)c4cc5ccc(C(F)(F)F)cc5[nH]4)ccc3C2=O)C(=O)N1. The maximum absolute atomic E-state index is 12.9. The fourth-order valence-electron chi connectivity index (χ4n) is 4.28. The molecule has 2 aliphatic heterocycles. The first kappa shape index (κ1) is 21.7. The second-order valence-corrected chi connectivity index (χ2v) is 8.21. The largest absolute Gasteiger partial charge is 0.416 e. The Hall–Kier alpha value is -4.15. The molecule has 3 heterocycles. The Balaban J connectivity index is 1.33. The summed E-state index contributed by atoms with van der Waals surface area (Å²) in [6, 6.07) is 8.57. The number of imide groups is 1. The summed E-state index contributed by atoms with van der Waals surface area (Å²) in [6.45, 7) is 0.150. The van der Waals surface area contributed by atoms with E-state index in [0.29, 0.717) is 22.2 Å². The lowest BCUT2D eigenvalue weighted by molar-refractivity contribution is -0.138. The summed E-state index contributed by atoms with van der Waals surface area (Å²) in [5.41, 5.74) is 0.830. The molecule has 174 valence electrons. The number of aromatic amines is 1. The van der Waals surface area contributed by atoms with E-state index in [9.17, 15) is 32.3 Å². The average Bonchev–Trinajstić information content (AvgIpc) is 3.34. The lowest BCUT2D eigenvalue weighted by Gasteiger charge is -2.29. The van der Waals surface area contributed by atoms with Crippen LogP contribution in [0.3, 0.4) is 0 Å². The number of hydrogen-bond acceptors (Lipinski definition) is 4. The van der Waals surface area contributed by atoms with Crippen molar-refractivity contribution < 1.29 is 32.3 Å². The molecule has 0 aliphatic carbocycles. The number of nitrogens with one attached hydrogen (secondary N) is 3. The molecule has 2 aliphatic rings. The number of fused-ring (bicyclic) bond motifs is 2. The van der Waals surface area contributed by atoms with Gasteiger partial charge in [0.25, 0.3) is 11.8 Å². The number of aromatic nitrogens is 1. The number of hydrogen-bond donors (Lipinski definition) is 3. The minimum Gasteiger partial charge on any atom is -0.351 e. The normalized spacial score (nSPS) is 18.3. The van der Waals surface area contributed by atoms with Gasteiger partial charge in [0.15, 0.2) is 0 Å². The molecule has 1 fully saturated rings. The van der Waals surface area contributed by atoms with Gasteiger partial charge in [-0.3, -0.25) is 24.5 Å². The van der Waals surface area contributed by atoms with Gasteiger partial charge in [-0.2, -0.15) is 13.2 Å². The van der Waals surface area contributed by atoms with Crippen LogP contribution in [0.2, 0.25) is 0 Å². The van der Waals surface area contributed by atoms with Gasteiger partial charge in [0, 0.05) is 35.1 Å². The van der Waals surface area contributed by atoms with Crippen molar-refractivity contribution in [3.8, 4) is 0 Å². The van der Waals surface area contributed by atoms with Crippen LogP contribution in [-0.2, 0) is 22.3 Å². The molecule has 1 atom stereocenters. The molecule has 1 saturated heterocycles. The molecule has 0 spiro atoms. The fraction of sp³-hybridized carbons (Fsp3) is 0.217. The van der Waals surface area contributed by atoms with Gasteiger partial charge in [-0.05, 0) is 48.4 Å². The smallest absolute Gasteiger partial charge is 0.351 e. The summed E-state index contributed by atoms with van der Waals surface area (Å²) >= 11 is 0. The number of anilines is 1. The van der Waals surface area contributed by atoms with Crippen molar-refractivity contribution >= 4 is 40.2 Å². The summed E-state index contributed by atoms with van der Waals surface area (Å²) < 4.78 is 38.8. The highest BCUT2D eigenvalue weighted by Crippen LogP contribution is 2.32. The molecule has 4 amide bonds. The van der Waals surface area contributed by atoms with Crippen LogP contribution in [0, 0.1) is 0 Å². The molecular weight excluding hydrogens is 453 g/mol. The van der Waals surface area contributed by atoms with Gasteiger partial charge in [-0.25, -0.2) is 0 Å². The highest BCUT2D eigenvalue weighted by Gasteiger charge is 2.39. The second kappa shape index (κ2) is 7.72. The minimum atomic E-state index is -4.49. The van der Waals surface area contributed by atoms with E-state index in [1.165, 1.54) is 23.1 Å². The predicted molar refractivity (Wildman–Crippen MR) is 114 cm³/mol. The van der Waals surface area contributed by atoms with Crippen molar-refractivity contribution in [3.63, 3.8) is 0 Å². The number of carbonyl (C=O) groups is 4. The van der Waals surface area contributed by atoms with Crippen molar-refractivity contribution in [2.24, 2.45) is 0 Å². The third-order valence-electron chi connectivity index (χ3n) is 5.98. The zero-order chi connectivity index (χ0) is 24.2. The molecule has 3 aromatic rings. The number of benzene rings is 2. The number of nitrogens with zero attached hydrogens (tertiary/aromatic N) is 1. The van der Waals surface area contributed by atoms with E-state index in [1.54, 1.807) is 12.1 Å². The summed E-state index contributed by atoms with van der Waals surface area (Å²) in [5, 5.41) is 5.36. The van der Waals surface area contributed by atoms with Crippen LogP contribution in [0.4, 0.5) is 18.9 Å². The number of carbonyl (C=O) groups excluding carboxylic acids is 4. The Morgan fingerprint density at radius 3 is 2.59 bits per heavy atom. The summed E-state index contributed by atoms with van der Waals surface area (Å²) in [6.07, 6.45) is -4.11. The molecule has 1 unspecified atom stereocenters. The van der Waals surface area contributed by atoms with Crippen LogP contribution < -0.4 is 10.6 Å². The molecule has 2 aromatic carbocycles. The first-order chi connectivity index (χ1) is 16.1. The molecule has 0 saturated carbocycles. The number of piperidine rings is 1. The van der Waals surface area contributed by atoms with Gasteiger partial charge in [-0.15, -0.1) is 0 Å². The molecule has 3 N–H and O–H groups in total. The van der Waals surface area contributed by atoms with Crippen LogP contribution >= 0.6 is 0 Å². The first-order valence-corrected chi connectivity index (χ1v) is 10.4. The Morgan fingerprint density at radius 1 is 1.06 bits per heavy atom. The van der Waals surface area contributed by atoms with Crippen LogP contribution in [0.15, 0.2) is 42.5 Å². The van der Waals surface area contributed by atoms with E-state index >= 15 is 0 Å². The lowest BCUT2D eigenvalue weighted by atomic mass is 10.0. The van der Waals surface area contributed by atoms with E-state index < -0.39 is 29.6 Å². The molecule has 11 heteroatoms. The van der Waals surface area contributed by atoms with Crippen molar-refractivity contribution in [3.05, 3.63) is 64.8 Å². The Labute approximate surface area is 190 Å². The van der Waals surface area contributed by atoms with Crippen molar-refractivity contribution in [1.82, 2.24) is 15.2 Å². The Kier molecular flexibility index (Phi) is 4.92. The van der Waals surface area contributed by atoms with Crippen LogP contribution in [0.5, 0.6) is 0 Å². The third-order valence-corrected chi connectivity index (χ3v) is 5.98. The van der Waals surface area contributed by atoms with Crippen molar-refractivity contribution in [2.75, 3.05) is 5.32 Å². The topological polar surface area (TPSA) is 111 Å². The number of halogens is 3. The number of amides is 4. The lowest BCUT2D eigenvalue weighted by Crippen LogP contribution is -2.52. The van der Waals surface area contributed by atoms with Crippen LogP contribution in [0.25, 0.3) is 10.9 Å². The monoisotopic (exact) mass is 470 g/mol. The zero-order valence-corrected chi connectivity index (χ0v) is 17.5. The molecular formula is C23H17F3N4O4. The van der Waals surface area contributed by atoms with E-state index in [-0.39, 0.29) is 42.4 Å². The number of rotatable bonds is 3. The highest BCUT2D eigenvalue weighted by atomic mass is 19.4. The summed E-state index contributed by atoms with van der Waals surface area (Å²) in [5.74, 6) is -1.78. The Morgan fingerprint density at radius 2 is 1.85 bits per heavy atom. The summed E-state index contributed by atoms with van der Waals surface area (Å²) in [7, 11) is 0. The maximum Gasteiger partial charge on any atom is 0.416 e. The van der Waals surface area contributed by atoms with Gasteiger partial charge in [-0.1, -0.05) is 6.07 Å². The van der Waals surface area contributed by atoms with Crippen LogP contribution in [-0.4, -0.2) is 39.6 Å². The Bertz CT molecular complexity index is 1380. The molecule has 0 bridgehead atoms. The zero-order valence-electron chi connectivity index (χ0n) is 17.5. The third kappa shape index (κ3) is 3.78. The molecule has 34 heavy (non-hydrogen) atoms. The predicted octanol–water partition coefficient (Wildman–Crippen LogP) is 3.20. The second-order valence-electron chi connectivity index (χ2n) is 8.21. The fourth-order valence-corrected chi connectivity index (χ4v) is 4.28. The van der Waals surface area contributed by atoms with Gasteiger partial charge in [0.2, 0.25) is 11.8 Å². The summed E-state index contributed by atoms with van der Waals surface area (Å²) in [4.78, 5) is 53.1. The quantitative estimate of drug-likeness (QED) is 0.511. The van der Waals surface area contributed by atoms with E-state index in [2.05, 4.69) is 15.6 Å². The molecule has 5 rings (SSSR count). The standard InChI is InChI=1S/C23H17F3N4O4/c24-23(25,26)13-2-1-11-8-17(28-16(11)9-13)20(32)27-14-3-4-15-12(7-14)10-30(22(15)34)18-5-6-19(31)29-21(18)33/h1-4,7-9,18,28H,5-6,10H2,(H,27,32)(H,29,31,33). The first-order valence-electron chi connectivity index (χ1n) is 10.4. The van der Waals surface area contributed by atoms with E-state index in [4.69, 9.17) is 0 Å². The molecule has 0 radical (unpaired) electrons. The van der Waals surface area contributed by atoms with Crippen LogP contribution in [0.1, 0.15) is 44.8 Å². The van der Waals surface area contributed by atoms with Gasteiger partial charge in [0.1, 0.15) is 11.7 Å². The average molecular weight is 470 g/mol. The maximum atomic E-state index is 12.9. The molecule has 8 nitrogen and oxygen atoms in total. The number of alkyl halides is 3. The van der Waals surface area contributed by atoms with Gasteiger partial charge >= 0.3 is 6.18 Å². The van der Waals surface area contributed by atoms with E-state index in [0.717, 1.165) is 12.1 Å². The van der Waals surface area contributed by atoms with Gasteiger partial charge < -0.3 is 15.2 Å². The number of H-pyrrole nitrogens is 1. The van der Waals surface area contributed by atoms with E-state index in [1.807, 2.05) is 0 Å². The minimum absolute atomic E-state index is 0.0797. The highest BCUT2D eigenvalue weighted by molar-refractivity contribution is 6.08.